The van der Waals surface area contributed by atoms with Gasteiger partial charge in [0.25, 0.3) is 0 Å². The van der Waals surface area contributed by atoms with Crippen LogP contribution in [-0.4, -0.2) is 42.2 Å². The predicted molar refractivity (Wildman–Crippen MR) is 118 cm³/mol. The maximum Gasteiger partial charge on any atom is 0.324 e. The lowest BCUT2D eigenvalue weighted by Crippen LogP contribution is -2.32. The highest BCUT2D eigenvalue weighted by atomic mass is 32.1. The zero-order valence-electron chi connectivity index (χ0n) is 16.4. The monoisotopic (exact) mass is 407 g/mol. The standard InChI is InChI=1S/C23H25N3O2S/c27-23-25(15-16-26(23)20-10-12-24-13-11-20)14-2-1-3-17-28-21-8-6-19(7-9-21)22-5-4-18-29-22/h4-13,18H,1-3,14-17H2. The molecule has 3 aromatic rings. The highest BCUT2D eigenvalue weighted by molar-refractivity contribution is 7.13. The Bertz CT molecular complexity index is 898. The summed E-state index contributed by atoms with van der Waals surface area (Å²) in [5, 5.41) is 2.09. The Morgan fingerprint density at radius 1 is 0.966 bits per heavy atom. The molecule has 3 heterocycles. The molecule has 150 valence electrons. The SMILES string of the molecule is O=C1N(CCCCCOc2ccc(-c3cccs3)cc2)CCN1c1ccncc1. The minimum Gasteiger partial charge on any atom is -0.494 e. The van der Waals surface area contributed by atoms with Crippen LogP contribution in [0.5, 0.6) is 5.75 Å². The van der Waals surface area contributed by atoms with Crippen molar-refractivity contribution in [2.24, 2.45) is 0 Å². The Kier molecular flexibility index (Phi) is 6.42. The largest absolute Gasteiger partial charge is 0.494 e. The number of carbonyl (C=O) groups excluding carboxylic acids is 1. The fourth-order valence-corrected chi connectivity index (χ4v) is 4.22. The molecule has 2 aromatic heterocycles. The average molecular weight is 408 g/mol. The van der Waals surface area contributed by atoms with Crippen LogP contribution in [0.4, 0.5) is 10.5 Å². The first-order valence-corrected chi connectivity index (χ1v) is 10.9. The van der Waals surface area contributed by atoms with Gasteiger partial charge in [0.05, 0.1) is 6.61 Å². The summed E-state index contributed by atoms with van der Waals surface area (Å²) in [6.07, 6.45) is 6.48. The maximum absolute atomic E-state index is 12.5. The first-order valence-electron chi connectivity index (χ1n) is 10.0. The van der Waals surface area contributed by atoms with Gasteiger partial charge in [-0.3, -0.25) is 9.88 Å². The first kappa shape index (κ1) is 19.5. The second-order valence-electron chi connectivity index (χ2n) is 7.04. The van der Waals surface area contributed by atoms with Crippen molar-refractivity contribution in [1.29, 1.82) is 0 Å². The van der Waals surface area contributed by atoms with Gasteiger partial charge in [-0.2, -0.15) is 0 Å². The van der Waals surface area contributed by atoms with Crippen molar-refractivity contribution < 1.29 is 9.53 Å². The molecule has 1 aliphatic heterocycles. The van der Waals surface area contributed by atoms with E-state index < -0.39 is 0 Å². The van der Waals surface area contributed by atoms with E-state index in [4.69, 9.17) is 4.74 Å². The molecule has 0 unspecified atom stereocenters. The number of hydrogen-bond acceptors (Lipinski definition) is 4. The van der Waals surface area contributed by atoms with Crippen LogP contribution in [0.3, 0.4) is 0 Å². The van der Waals surface area contributed by atoms with Crippen LogP contribution in [0.15, 0.2) is 66.3 Å². The lowest BCUT2D eigenvalue weighted by atomic mass is 10.2. The number of rotatable bonds is 9. The number of pyridine rings is 1. The molecule has 0 saturated carbocycles. The summed E-state index contributed by atoms with van der Waals surface area (Å²) in [5.74, 6) is 0.910. The van der Waals surface area contributed by atoms with E-state index >= 15 is 0 Å². The lowest BCUT2D eigenvalue weighted by Gasteiger charge is -2.18. The summed E-state index contributed by atoms with van der Waals surface area (Å²) in [5.41, 5.74) is 2.15. The molecule has 2 amide bonds. The Morgan fingerprint density at radius 2 is 1.79 bits per heavy atom. The van der Waals surface area contributed by atoms with Crippen molar-refractivity contribution in [3.63, 3.8) is 0 Å². The van der Waals surface area contributed by atoms with Gasteiger partial charge in [0.15, 0.2) is 0 Å². The lowest BCUT2D eigenvalue weighted by molar-refractivity contribution is 0.219. The van der Waals surface area contributed by atoms with Gasteiger partial charge in [0.2, 0.25) is 0 Å². The van der Waals surface area contributed by atoms with E-state index in [-0.39, 0.29) is 6.03 Å². The number of nitrogens with zero attached hydrogens (tertiary/aromatic N) is 3. The molecule has 0 bridgehead atoms. The number of hydrogen-bond donors (Lipinski definition) is 0. The molecule has 1 aliphatic rings. The molecule has 0 spiro atoms. The highest BCUT2D eigenvalue weighted by Crippen LogP contribution is 2.26. The summed E-state index contributed by atoms with van der Waals surface area (Å²) < 4.78 is 5.86. The zero-order chi connectivity index (χ0) is 19.9. The molecule has 1 saturated heterocycles. The van der Waals surface area contributed by atoms with E-state index in [1.807, 2.05) is 34.1 Å². The number of amides is 2. The Morgan fingerprint density at radius 3 is 2.55 bits per heavy atom. The Balaban J connectivity index is 1.13. The van der Waals surface area contributed by atoms with E-state index in [0.29, 0.717) is 6.61 Å². The van der Waals surface area contributed by atoms with Crippen LogP contribution in [0.25, 0.3) is 10.4 Å². The van der Waals surface area contributed by atoms with Crippen molar-refractivity contribution in [2.45, 2.75) is 19.3 Å². The number of anilines is 1. The van der Waals surface area contributed by atoms with Gasteiger partial charge in [-0.05, 0) is 72.7 Å². The van der Waals surface area contributed by atoms with Crippen LogP contribution < -0.4 is 9.64 Å². The van der Waals surface area contributed by atoms with Crippen molar-refractivity contribution in [3.05, 3.63) is 66.3 Å². The number of benzene rings is 1. The smallest absolute Gasteiger partial charge is 0.324 e. The number of urea groups is 1. The molecule has 5 nitrogen and oxygen atoms in total. The quantitative estimate of drug-likeness (QED) is 0.452. The first-order chi connectivity index (χ1) is 14.3. The molecule has 29 heavy (non-hydrogen) atoms. The highest BCUT2D eigenvalue weighted by Gasteiger charge is 2.28. The van der Waals surface area contributed by atoms with Gasteiger partial charge in [-0.25, -0.2) is 4.79 Å². The molecule has 0 atom stereocenters. The maximum atomic E-state index is 12.5. The van der Waals surface area contributed by atoms with E-state index in [9.17, 15) is 4.79 Å². The number of ether oxygens (including phenoxy) is 1. The van der Waals surface area contributed by atoms with Gasteiger partial charge in [0, 0.05) is 42.6 Å². The van der Waals surface area contributed by atoms with E-state index in [1.54, 1.807) is 23.7 Å². The van der Waals surface area contributed by atoms with Crippen LogP contribution in [-0.2, 0) is 0 Å². The minimum atomic E-state index is 0.0956. The molecule has 0 N–H and O–H groups in total. The molecular weight excluding hydrogens is 382 g/mol. The third-order valence-corrected chi connectivity index (χ3v) is 5.99. The number of thiophene rings is 1. The summed E-state index contributed by atoms with van der Waals surface area (Å²) in [6, 6.07) is 16.3. The third-order valence-electron chi connectivity index (χ3n) is 5.07. The molecule has 1 aromatic carbocycles. The Hall–Kier alpha value is -2.86. The van der Waals surface area contributed by atoms with Gasteiger partial charge < -0.3 is 9.64 Å². The van der Waals surface area contributed by atoms with Crippen molar-refractivity contribution in [1.82, 2.24) is 9.88 Å². The van der Waals surface area contributed by atoms with Crippen LogP contribution in [0.1, 0.15) is 19.3 Å². The van der Waals surface area contributed by atoms with E-state index in [0.717, 1.165) is 50.3 Å². The molecule has 4 rings (SSSR count). The molecule has 1 fully saturated rings. The van der Waals surface area contributed by atoms with Gasteiger partial charge in [0.1, 0.15) is 5.75 Å². The van der Waals surface area contributed by atoms with E-state index in [1.165, 1.54) is 10.4 Å². The van der Waals surface area contributed by atoms with Crippen molar-refractivity contribution in [3.8, 4) is 16.2 Å². The van der Waals surface area contributed by atoms with Crippen LogP contribution in [0, 0.1) is 0 Å². The minimum absolute atomic E-state index is 0.0956. The third kappa shape index (κ3) is 4.95. The second-order valence-corrected chi connectivity index (χ2v) is 7.99. The van der Waals surface area contributed by atoms with Gasteiger partial charge in [-0.15, -0.1) is 11.3 Å². The van der Waals surface area contributed by atoms with Crippen LogP contribution >= 0.6 is 11.3 Å². The molecule has 6 heteroatoms. The Labute approximate surface area is 175 Å². The van der Waals surface area contributed by atoms with Crippen molar-refractivity contribution in [2.75, 3.05) is 31.1 Å². The van der Waals surface area contributed by atoms with Crippen LogP contribution in [0.2, 0.25) is 0 Å². The fraction of sp³-hybridized carbons (Fsp3) is 0.304. The topological polar surface area (TPSA) is 45.7 Å². The summed E-state index contributed by atoms with van der Waals surface area (Å²) in [4.78, 5) is 21.6. The summed E-state index contributed by atoms with van der Waals surface area (Å²) in [7, 11) is 0. The summed E-state index contributed by atoms with van der Waals surface area (Å²) in [6.45, 7) is 3.03. The number of aromatic nitrogens is 1. The average Bonchev–Trinajstić information content (AvgIpc) is 3.42. The fourth-order valence-electron chi connectivity index (χ4n) is 3.48. The van der Waals surface area contributed by atoms with Gasteiger partial charge >= 0.3 is 6.03 Å². The summed E-state index contributed by atoms with van der Waals surface area (Å²) >= 11 is 1.74. The van der Waals surface area contributed by atoms with Crippen molar-refractivity contribution >= 4 is 23.1 Å². The second kappa shape index (κ2) is 9.56. The predicted octanol–water partition coefficient (Wildman–Crippen LogP) is 5.30. The number of carbonyl (C=O) groups is 1. The van der Waals surface area contributed by atoms with E-state index in [2.05, 4.69) is 34.6 Å². The zero-order valence-corrected chi connectivity index (χ0v) is 17.2. The van der Waals surface area contributed by atoms with Gasteiger partial charge in [-0.1, -0.05) is 6.07 Å². The normalized spacial score (nSPS) is 13.9. The molecule has 0 radical (unpaired) electrons. The molecular formula is C23H25N3O2S. The number of unbranched alkanes of at least 4 members (excludes halogenated alkanes) is 2. The molecule has 0 aliphatic carbocycles.